The van der Waals surface area contributed by atoms with Crippen molar-refractivity contribution in [3.8, 4) is 0 Å². The molecule has 1 unspecified atom stereocenters. The standard InChI is InChI=1S/C28H20ClF5N6O2/c29-21-2-1-17(30)10-19(21)25-24-20(27(42)37-25)5-14(11-39-3-4-40-13-35-38-23(40)12-39)6-22(24)36-26(41)15-7-16(28(32,33)34)9-18(31)8-15/h1-2,5-10,13,25H,3-4,11-12H2,(H,36,41)(H,37,42). The van der Waals surface area contributed by atoms with Crippen LogP contribution in [0.5, 0.6) is 0 Å². The second kappa shape index (κ2) is 10.5. The molecule has 0 spiro atoms. The van der Waals surface area contributed by atoms with Gasteiger partial charge in [0, 0.05) is 52.6 Å². The maximum atomic E-state index is 14.2. The lowest BCUT2D eigenvalue weighted by Gasteiger charge is -2.27. The van der Waals surface area contributed by atoms with Crippen LogP contribution in [0.15, 0.2) is 54.9 Å². The summed E-state index contributed by atoms with van der Waals surface area (Å²) in [6, 6.07) is 7.37. The lowest BCUT2D eigenvalue weighted by Crippen LogP contribution is -2.33. The number of benzene rings is 3. The molecular formula is C28H20ClF5N6O2. The highest BCUT2D eigenvalue weighted by molar-refractivity contribution is 6.31. The Bertz CT molecular complexity index is 1740. The maximum Gasteiger partial charge on any atom is 0.416 e. The predicted molar refractivity (Wildman–Crippen MR) is 141 cm³/mol. The molecule has 1 atom stereocenters. The van der Waals surface area contributed by atoms with Crippen molar-refractivity contribution in [3.63, 3.8) is 0 Å². The minimum Gasteiger partial charge on any atom is -0.341 e. The van der Waals surface area contributed by atoms with Gasteiger partial charge in [0.25, 0.3) is 11.8 Å². The fourth-order valence-corrected chi connectivity index (χ4v) is 5.47. The van der Waals surface area contributed by atoms with Gasteiger partial charge in [-0.2, -0.15) is 13.2 Å². The molecule has 0 fully saturated rings. The van der Waals surface area contributed by atoms with Crippen molar-refractivity contribution in [3.05, 3.63) is 111 Å². The van der Waals surface area contributed by atoms with Gasteiger partial charge < -0.3 is 15.2 Å². The number of rotatable bonds is 5. The van der Waals surface area contributed by atoms with E-state index in [1.54, 1.807) is 18.5 Å². The Morgan fingerprint density at radius 3 is 2.67 bits per heavy atom. The molecule has 3 heterocycles. The Kier molecular flexibility index (Phi) is 6.93. The first-order valence-electron chi connectivity index (χ1n) is 12.7. The number of fused-ring (bicyclic) bond motifs is 2. The van der Waals surface area contributed by atoms with Gasteiger partial charge in [-0.05, 0) is 54.1 Å². The number of nitrogens with one attached hydrogen (secondary N) is 2. The molecule has 1 aromatic heterocycles. The molecule has 0 saturated carbocycles. The van der Waals surface area contributed by atoms with Crippen LogP contribution in [0.1, 0.15) is 54.8 Å². The summed E-state index contributed by atoms with van der Waals surface area (Å²) in [6.07, 6.45) is -3.25. The third-order valence-electron chi connectivity index (χ3n) is 7.18. The second-order valence-corrected chi connectivity index (χ2v) is 10.4. The SMILES string of the molecule is O=C(Nc1cc(CN2CCn3cnnc3C2)cc2c1C(c1cc(F)ccc1Cl)NC2=O)c1cc(F)cc(C(F)(F)F)c1. The minimum atomic E-state index is -4.88. The Morgan fingerprint density at radius 1 is 1.07 bits per heavy atom. The van der Waals surface area contributed by atoms with Gasteiger partial charge in [-0.25, -0.2) is 8.78 Å². The summed E-state index contributed by atoms with van der Waals surface area (Å²) >= 11 is 6.34. The van der Waals surface area contributed by atoms with Gasteiger partial charge in [-0.15, -0.1) is 10.2 Å². The Morgan fingerprint density at radius 2 is 1.88 bits per heavy atom. The van der Waals surface area contributed by atoms with Crippen LogP contribution in [0.25, 0.3) is 0 Å². The topological polar surface area (TPSA) is 92.2 Å². The third-order valence-corrected chi connectivity index (χ3v) is 7.52. The molecule has 2 aliphatic heterocycles. The third kappa shape index (κ3) is 5.32. The van der Waals surface area contributed by atoms with Crippen molar-refractivity contribution in [2.75, 3.05) is 11.9 Å². The van der Waals surface area contributed by atoms with Gasteiger partial charge in [0.05, 0.1) is 18.2 Å². The molecule has 2 N–H and O–H groups in total. The molecular weight excluding hydrogens is 583 g/mol. The van der Waals surface area contributed by atoms with Crippen molar-refractivity contribution >= 4 is 29.1 Å². The van der Waals surface area contributed by atoms with Gasteiger partial charge in [0.15, 0.2) is 0 Å². The lowest BCUT2D eigenvalue weighted by atomic mass is 9.94. The Labute approximate surface area is 240 Å². The first-order valence-corrected chi connectivity index (χ1v) is 13.0. The fraction of sp³-hybridized carbons (Fsp3) is 0.214. The quantitative estimate of drug-likeness (QED) is 0.301. The van der Waals surface area contributed by atoms with E-state index in [9.17, 15) is 31.5 Å². The molecule has 0 aliphatic carbocycles. The molecule has 0 bridgehead atoms. The van der Waals surface area contributed by atoms with Crippen LogP contribution in [0.3, 0.4) is 0 Å². The number of aromatic nitrogens is 3. The van der Waals surface area contributed by atoms with E-state index in [1.807, 2.05) is 9.47 Å². The largest absolute Gasteiger partial charge is 0.416 e. The van der Waals surface area contributed by atoms with Gasteiger partial charge in [0.1, 0.15) is 23.8 Å². The highest BCUT2D eigenvalue weighted by Gasteiger charge is 2.36. The molecule has 0 saturated heterocycles. The average Bonchev–Trinajstić information content (AvgIpc) is 3.53. The lowest BCUT2D eigenvalue weighted by molar-refractivity contribution is -0.137. The Balaban J connectivity index is 1.41. The summed E-state index contributed by atoms with van der Waals surface area (Å²) in [5, 5.41) is 13.5. The normalized spacial score (nSPS) is 16.6. The van der Waals surface area contributed by atoms with Crippen molar-refractivity contribution in [1.82, 2.24) is 25.0 Å². The number of amides is 2. The summed E-state index contributed by atoms with van der Waals surface area (Å²) in [6.45, 7) is 2.08. The van der Waals surface area contributed by atoms with Gasteiger partial charge in [-0.3, -0.25) is 14.5 Å². The zero-order valence-electron chi connectivity index (χ0n) is 21.5. The first kappa shape index (κ1) is 27.8. The van der Waals surface area contributed by atoms with Crippen LogP contribution in [0.2, 0.25) is 5.02 Å². The molecule has 0 radical (unpaired) electrons. The molecule has 42 heavy (non-hydrogen) atoms. The van der Waals surface area contributed by atoms with Crippen LogP contribution >= 0.6 is 11.6 Å². The fourth-order valence-electron chi connectivity index (χ4n) is 5.25. The van der Waals surface area contributed by atoms with Crippen molar-refractivity contribution < 1.29 is 31.5 Å². The number of alkyl halides is 3. The number of carbonyl (C=O) groups is 2. The van der Waals surface area contributed by atoms with E-state index in [0.717, 1.165) is 18.0 Å². The van der Waals surface area contributed by atoms with Gasteiger partial charge in [-0.1, -0.05) is 11.6 Å². The number of halogens is 6. The Hall–Kier alpha value is -4.36. The van der Waals surface area contributed by atoms with E-state index < -0.39 is 46.8 Å². The van der Waals surface area contributed by atoms with Gasteiger partial charge >= 0.3 is 6.18 Å². The van der Waals surface area contributed by atoms with E-state index in [4.69, 9.17) is 11.6 Å². The average molecular weight is 603 g/mol. The van der Waals surface area contributed by atoms with Crippen LogP contribution in [0, 0.1) is 11.6 Å². The molecule has 2 amide bonds. The number of hydrogen-bond donors (Lipinski definition) is 2. The molecule has 216 valence electrons. The highest BCUT2D eigenvalue weighted by Crippen LogP contribution is 2.40. The molecule has 3 aromatic carbocycles. The zero-order valence-corrected chi connectivity index (χ0v) is 22.2. The van der Waals surface area contributed by atoms with Crippen LogP contribution in [-0.4, -0.2) is 38.0 Å². The van der Waals surface area contributed by atoms with Crippen molar-refractivity contribution in [2.24, 2.45) is 0 Å². The zero-order chi connectivity index (χ0) is 29.8. The van der Waals surface area contributed by atoms with Crippen LogP contribution < -0.4 is 10.6 Å². The summed E-state index contributed by atoms with van der Waals surface area (Å²) in [5.41, 5.74) is -0.589. The van der Waals surface area contributed by atoms with E-state index in [2.05, 4.69) is 20.8 Å². The monoisotopic (exact) mass is 602 g/mol. The smallest absolute Gasteiger partial charge is 0.341 e. The summed E-state index contributed by atoms with van der Waals surface area (Å²) in [5.74, 6) is -2.66. The van der Waals surface area contributed by atoms with Crippen molar-refractivity contribution in [2.45, 2.75) is 31.9 Å². The summed E-state index contributed by atoms with van der Waals surface area (Å²) < 4.78 is 70.2. The molecule has 8 nitrogen and oxygen atoms in total. The second-order valence-electron chi connectivity index (χ2n) is 10.0. The van der Waals surface area contributed by atoms with Crippen LogP contribution in [0.4, 0.5) is 27.6 Å². The molecule has 14 heteroatoms. The summed E-state index contributed by atoms with van der Waals surface area (Å²) in [7, 11) is 0. The summed E-state index contributed by atoms with van der Waals surface area (Å²) in [4.78, 5) is 28.4. The van der Waals surface area contributed by atoms with E-state index in [0.29, 0.717) is 49.9 Å². The minimum absolute atomic E-state index is 0.0779. The van der Waals surface area contributed by atoms with Gasteiger partial charge in [0.2, 0.25) is 0 Å². The predicted octanol–water partition coefficient (Wildman–Crippen LogP) is 5.33. The van der Waals surface area contributed by atoms with Crippen LogP contribution in [-0.2, 0) is 25.8 Å². The molecule has 4 aromatic rings. The number of hydrogen-bond acceptors (Lipinski definition) is 5. The van der Waals surface area contributed by atoms with E-state index >= 15 is 0 Å². The first-order chi connectivity index (χ1) is 20.0. The number of anilines is 1. The van der Waals surface area contributed by atoms with Crippen molar-refractivity contribution in [1.29, 1.82) is 0 Å². The van der Waals surface area contributed by atoms with E-state index in [1.165, 1.54) is 6.07 Å². The maximum absolute atomic E-state index is 14.2. The highest BCUT2D eigenvalue weighted by atomic mass is 35.5. The number of nitrogens with zero attached hydrogens (tertiary/aromatic N) is 4. The number of carbonyl (C=O) groups excluding carboxylic acids is 2. The molecule has 2 aliphatic rings. The molecule has 6 rings (SSSR count). The van der Waals surface area contributed by atoms with E-state index in [-0.39, 0.29) is 27.4 Å².